The number of ether oxygens (including phenoxy) is 1. The maximum absolute atomic E-state index is 12.9. The first-order valence-corrected chi connectivity index (χ1v) is 6.39. The van der Waals surface area contributed by atoms with Gasteiger partial charge in [0.15, 0.2) is 0 Å². The smallest absolute Gasteiger partial charge is 0.251 e. The molecular weight excluding hydrogens is 312 g/mol. The molecule has 17 heavy (non-hydrogen) atoms. The van der Waals surface area contributed by atoms with Crippen LogP contribution in [0.15, 0.2) is 18.2 Å². The molecule has 0 aliphatic heterocycles. The van der Waals surface area contributed by atoms with Gasteiger partial charge in [0.05, 0.1) is 17.7 Å². The minimum Gasteiger partial charge on any atom is -0.383 e. The standard InChI is InChI=1S/C11H12BrClFNO2/c1-17-6-8(5-12)15-11(16)7-2-3-10(14)9(13)4-7/h2-4,8H,5-6H2,1H3,(H,15,16). The highest BCUT2D eigenvalue weighted by atomic mass is 79.9. The number of hydrogen-bond donors (Lipinski definition) is 1. The molecule has 94 valence electrons. The van der Waals surface area contributed by atoms with E-state index in [0.29, 0.717) is 17.5 Å². The Labute approximate surface area is 112 Å². The van der Waals surface area contributed by atoms with Crippen LogP contribution in [0.25, 0.3) is 0 Å². The summed E-state index contributed by atoms with van der Waals surface area (Å²) in [7, 11) is 1.55. The second-order valence-electron chi connectivity index (χ2n) is 3.41. The molecule has 3 nitrogen and oxygen atoms in total. The number of nitrogens with one attached hydrogen (secondary N) is 1. The third kappa shape index (κ3) is 4.26. The van der Waals surface area contributed by atoms with E-state index < -0.39 is 5.82 Å². The molecule has 1 aromatic carbocycles. The topological polar surface area (TPSA) is 38.3 Å². The van der Waals surface area contributed by atoms with E-state index in [2.05, 4.69) is 21.2 Å². The van der Waals surface area contributed by atoms with Crippen LogP contribution in [-0.2, 0) is 4.74 Å². The van der Waals surface area contributed by atoms with Gasteiger partial charge in [-0.2, -0.15) is 0 Å². The number of hydrogen-bond acceptors (Lipinski definition) is 2. The molecule has 0 aromatic heterocycles. The Kier molecular flexibility index (Phi) is 5.88. The molecule has 1 aromatic rings. The lowest BCUT2D eigenvalue weighted by atomic mass is 10.2. The van der Waals surface area contributed by atoms with E-state index in [4.69, 9.17) is 16.3 Å². The van der Waals surface area contributed by atoms with Gasteiger partial charge in [-0.1, -0.05) is 27.5 Å². The van der Waals surface area contributed by atoms with Crippen LogP contribution in [-0.4, -0.2) is 31.0 Å². The van der Waals surface area contributed by atoms with E-state index in [-0.39, 0.29) is 17.0 Å². The van der Waals surface area contributed by atoms with Crippen LogP contribution in [0.3, 0.4) is 0 Å². The summed E-state index contributed by atoms with van der Waals surface area (Å²) in [5.41, 5.74) is 0.318. The summed E-state index contributed by atoms with van der Waals surface area (Å²) in [4.78, 5) is 11.8. The maximum Gasteiger partial charge on any atom is 0.251 e. The Morgan fingerprint density at radius 3 is 2.88 bits per heavy atom. The first-order chi connectivity index (χ1) is 8.08. The number of carbonyl (C=O) groups is 1. The van der Waals surface area contributed by atoms with E-state index in [0.717, 1.165) is 6.07 Å². The van der Waals surface area contributed by atoms with Crippen LogP contribution in [0.4, 0.5) is 4.39 Å². The van der Waals surface area contributed by atoms with Gasteiger partial charge in [0.2, 0.25) is 0 Å². The summed E-state index contributed by atoms with van der Waals surface area (Å²) in [6.07, 6.45) is 0. The summed E-state index contributed by atoms with van der Waals surface area (Å²) >= 11 is 8.86. The van der Waals surface area contributed by atoms with Crippen molar-refractivity contribution in [1.29, 1.82) is 0 Å². The minimum absolute atomic E-state index is 0.0696. The average molecular weight is 325 g/mol. The molecule has 6 heteroatoms. The van der Waals surface area contributed by atoms with E-state index >= 15 is 0 Å². The first-order valence-electron chi connectivity index (χ1n) is 4.89. The van der Waals surface area contributed by atoms with Crippen molar-refractivity contribution in [2.75, 3.05) is 19.0 Å². The van der Waals surface area contributed by atoms with Crippen molar-refractivity contribution in [2.45, 2.75) is 6.04 Å². The van der Waals surface area contributed by atoms with Crippen LogP contribution in [0.1, 0.15) is 10.4 Å². The molecule has 0 saturated carbocycles. The zero-order valence-corrected chi connectivity index (χ0v) is 11.5. The summed E-state index contributed by atoms with van der Waals surface area (Å²) in [5.74, 6) is -0.856. The predicted octanol–water partition coefficient (Wildman–Crippen LogP) is 2.62. The monoisotopic (exact) mass is 323 g/mol. The van der Waals surface area contributed by atoms with E-state index in [9.17, 15) is 9.18 Å². The summed E-state index contributed by atoms with van der Waals surface area (Å²) in [5, 5.41) is 3.24. The van der Waals surface area contributed by atoms with Crippen LogP contribution in [0, 0.1) is 5.82 Å². The Balaban J connectivity index is 2.72. The zero-order valence-electron chi connectivity index (χ0n) is 9.17. The van der Waals surface area contributed by atoms with E-state index in [1.54, 1.807) is 7.11 Å². The number of amides is 1. The van der Waals surface area contributed by atoms with Crippen molar-refractivity contribution in [3.05, 3.63) is 34.6 Å². The van der Waals surface area contributed by atoms with Gasteiger partial charge in [0.25, 0.3) is 5.91 Å². The number of rotatable bonds is 5. The van der Waals surface area contributed by atoms with Crippen LogP contribution >= 0.6 is 27.5 Å². The van der Waals surface area contributed by atoms with E-state index in [1.807, 2.05) is 0 Å². The van der Waals surface area contributed by atoms with Crippen molar-refractivity contribution >= 4 is 33.4 Å². The van der Waals surface area contributed by atoms with Gasteiger partial charge in [-0.3, -0.25) is 4.79 Å². The number of alkyl halides is 1. The molecule has 0 heterocycles. The Bertz CT molecular complexity index is 403. The second kappa shape index (κ2) is 6.93. The number of methoxy groups -OCH3 is 1. The first kappa shape index (κ1) is 14.4. The largest absolute Gasteiger partial charge is 0.383 e. The van der Waals surface area contributed by atoms with Crippen molar-refractivity contribution in [3.8, 4) is 0 Å². The molecule has 0 radical (unpaired) electrons. The molecule has 1 amide bonds. The van der Waals surface area contributed by atoms with Gasteiger partial charge in [-0.15, -0.1) is 0 Å². The summed E-state index contributed by atoms with van der Waals surface area (Å²) < 4.78 is 17.9. The van der Waals surface area contributed by atoms with Crippen molar-refractivity contribution in [3.63, 3.8) is 0 Å². The van der Waals surface area contributed by atoms with E-state index in [1.165, 1.54) is 12.1 Å². The second-order valence-corrected chi connectivity index (χ2v) is 4.46. The summed E-state index contributed by atoms with van der Waals surface area (Å²) in [6, 6.07) is 3.70. The fourth-order valence-corrected chi connectivity index (χ4v) is 1.76. The number of benzene rings is 1. The van der Waals surface area contributed by atoms with Crippen molar-refractivity contribution in [2.24, 2.45) is 0 Å². The highest BCUT2D eigenvalue weighted by molar-refractivity contribution is 9.09. The molecule has 0 aliphatic rings. The van der Waals surface area contributed by atoms with Crippen LogP contribution in [0.2, 0.25) is 5.02 Å². The molecule has 0 aliphatic carbocycles. The van der Waals surface area contributed by atoms with Gasteiger partial charge in [0.1, 0.15) is 5.82 Å². The quantitative estimate of drug-likeness (QED) is 0.846. The minimum atomic E-state index is -0.544. The Morgan fingerprint density at radius 1 is 1.65 bits per heavy atom. The van der Waals surface area contributed by atoms with Gasteiger partial charge < -0.3 is 10.1 Å². The molecule has 0 bridgehead atoms. The van der Waals surface area contributed by atoms with Crippen LogP contribution < -0.4 is 5.32 Å². The molecule has 1 rings (SSSR count). The normalized spacial score (nSPS) is 12.2. The Morgan fingerprint density at radius 2 is 2.35 bits per heavy atom. The lowest BCUT2D eigenvalue weighted by molar-refractivity contribution is 0.0908. The van der Waals surface area contributed by atoms with Gasteiger partial charge in [-0.25, -0.2) is 4.39 Å². The molecule has 1 atom stereocenters. The lowest BCUT2D eigenvalue weighted by Crippen LogP contribution is -2.39. The maximum atomic E-state index is 12.9. The molecule has 0 spiro atoms. The highest BCUT2D eigenvalue weighted by Gasteiger charge is 2.13. The fourth-order valence-electron chi connectivity index (χ4n) is 1.23. The SMILES string of the molecule is COCC(CBr)NC(=O)c1ccc(F)c(Cl)c1. The number of halogens is 3. The third-order valence-electron chi connectivity index (χ3n) is 2.07. The fraction of sp³-hybridized carbons (Fsp3) is 0.364. The molecule has 0 saturated heterocycles. The van der Waals surface area contributed by atoms with Crippen LogP contribution in [0.5, 0.6) is 0 Å². The van der Waals surface area contributed by atoms with Crippen molar-refractivity contribution < 1.29 is 13.9 Å². The predicted molar refractivity (Wildman–Crippen MR) is 68.3 cm³/mol. The molecule has 1 unspecified atom stereocenters. The molecule has 1 N–H and O–H groups in total. The third-order valence-corrected chi connectivity index (χ3v) is 3.14. The van der Waals surface area contributed by atoms with Crippen molar-refractivity contribution in [1.82, 2.24) is 5.32 Å². The summed E-state index contributed by atoms with van der Waals surface area (Å²) in [6.45, 7) is 0.395. The molecule has 0 fully saturated rings. The Hall–Kier alpha value is -0.650. The van der Waals surface area contributed by atoms with Gasteiger partial charge >= 0.3 is 0 Å². The van der Waals surface area contributed by atoms with Gasteiger partial charge in [0, 0.05) is 18.0 Å². The lowest BCUT2D eigenvalue weighted by Gasteiger charge is -2.15. The zero-order chi connectivity index (χ0) is 12.8. The average Bonchev–Trinajstić information content (AvgIpc) is 2.31. The van der Waals surface area contributed by atoms with Gasteiger partial charge in [-0.05, 0) is 18.2 Å². The highest BCUT2D eigenvalue weighted by Crippen LogP contribution is 2.16. The molecular formula is C11H12BrClFNO2. The number of carbonyl (C=O) groups excluding carboxylic acids is 1.